The average molecular weight is 272 g/mol. The minimum Gasteiger partial charge on any atom is -0.287 e. The van der Waals surface area contributed by atoms with Crippen molar-refractivity contribution in [1.82, 2.24) is 14.4 Å². The molecule has 0 saturated heterocycles. The molecule has 2 aromatic heterocycles. The molecule has 0 spiro atoms. The van der Waals surface area contributed by atoms with Crippen LogP contribution in [0.4, 0.5) is 0 Å². The van der Waals surface area contributed by atoms with Gasteiger partial charge in [-0.15, -0.1) is 0 Å². The summed E-state index contributed by atoms with van der Waals surface area (Å²) in [5, 5.41) is 0. The molecule has 0 aliphatic carbocycles. The molecule has 0 fully saturated rings. The molecule has 0 radical (unpaired) electrons. The Morgan fingerprint density at radius 1 is 1.29 bits per heavy atom. The van der Waals surface area contributed by atoms with Crippen LogP contribution in [0.25, 0.3) is 5.65 Å². The Labute approximate surface area is 111 Å². The molecular formula is C12H15Cl2N3. The van der Waals surface area contributed by atoms with Crippen molar-refractivity contribution in [3.63, 3.8) is 0 Å². The smallest absolute Gasteiger partial charge is 0.149 e. The highest BCUT2D eigenvalue weighted by Gasteiger charge is 2.22. The average Bonchev–Trinajstić information content (AvgIpc) is 2.55. The number of alkyl halides is 2. The van der Waals surface area contributed by atoms with E-state index in [1.54, 1.807) is 6.33 Å². The van der Waals surface area contributed by atoms with Gasteiger partial charge < -0.3 is 0 Å². The van der Waals surface area contributed by atoms with Crippen LogP contribution in [0.1, 0.15) is 42.7 Å². The van der Waals surface area contributed by atoms with Crippen molar-refractivity contribution >= 4 is 28.8 Å². The number of nitrogens with zero attached hydrogens (tertiary/aromatic N) is 3. The summed E-state index contributed by atoms with van der Waals surface area (Å²) in [7, 11) is 0. The van der Waals surface area contributed by atoms with Crippen LogP contribution < -0.4 is 0 Å². The monoisotopic (exact) mass is 271 g/mol. The molecule has 0 aromatic carbocycles. The Morgan fingerprint density at radius 3 is 2.47 bits per heavy atom. The molecule has 0 aliphatic rings. The summed E-state index contributed by atoms with van der Waals surface area (Å²) in [4.78, 5) is 8.24. The predicted molar refractivity (Wildman–Crippen MR) is 70.9 cm³/mol. The van der Waals surface area contributed by atoms with Crippen molar-refractivity contribution in [2.75, 3.05) is 0 Å². The van der Waals surface area contributed by atoms with Gasteiger partial charge in [0.15, 0.2) is 0 Å². The molecule has 2 heterocycles. The van der Waals surface area contributed by atoms with E-state index < -0.39 is 4.84 Å². The van der Waals surface area contributed by atoms with Gasteiger partial charge in [0.1, 0.15) is 16.8 Å². The third kappa shape index (κ3) is 2.26. The zero-order valence-electron chi connectivity index (χ0n) is 10.3. The molecule has 2 aromatic rings. The summed E-state index contributed by atoms with van der Waals surface area (Å²) in [6.07, 6.45) is 1.72. The second-order valence-electron chi connectivity index (χ2n) is 5.14. The topological polar surface area (TPSA) is 30.2 Å². The first-order valence-corrected chi connectivity index (χ1v) is 6.31. The lowest BCUT2D eigenvalue weighted by Gasteiger charge is -2.16. The molecular weight excluding hydrogens is 257 g/mol. The minimum absolute atomic E-state index is 0.0115. The zero-order chi connectivity index (χ0) is 12.8. The van der Waals surface area contributed by atoms with Crippen molar-refractivity contribution < 1.29 is 0 Å². The summed E-state index contributed by atoms with van der Waals surface area (Å²) < 4.78 is 1.96. The van der Waals surface area contributed by atoms with Crippen LogP contribution in [-0.2, 0) is 5.41 Å². The number of hydrogen-bond donors (Lipinski definition) is 0. The molecule has 17 heavy (non-hydrogen) atoms. The van der Waals surface area contributed by atoms with E-state index in [4.69, 9.17) is 23.2 Å². The maximum Gasteiger partial charge on any atom is 0.149 e. The van der Waals surface area contributed by atoms with E-state index in [-0.39, 0.29) is 5.41 Å². The lowest BCUT2D eigenvalue weighted by molar-refractivity contribution is 0.568. The summed E-state index contributed by atoms with van der Waals surface area (Å²) >= 11 is 11.6. The molecule has 0 atom stereocenters. The van der Waals surface area contributed by atoms with E-state index in [2.05, 4.69) is 30.7 Å². The highest BCUT2D eigenvalue weighted by atomic mass is 35.5. The van der Waals surface area contributed by atoms with Crippen molar-refractivity contribution in [3.05, 3.63) is 29.5 Å². The van der Waals surface area contributed by atoms with Gasteiger partial charge >= 0.3 is 0 Å². The molecule has 3 nitrogen and oxygen atoms in total. The van der Waals surface area contributed by atoms with Crippen LogP contribution in [0, 0.1) is 6.92 Å². The molecule has 2 rings (SSSR count). The molecule has 0 aliphatic heterocycles. The molecule has 0 saturated carbocycles. The fourth-order valence-electron chi connectivity index (χ4n) is 1.91. The van der Waals surface area contributed by atoms with Gasteiger partial charge in [-0.05, 0) is 6.92 Å². The second kappa shape index (κ2) is 4.14. The fraction of sp³-hybridized carbons (Fsp3) is 0.500. The quantitative estimate of drug-likeness (QED) is 0.739. The van der Waals surface area contributed by atoms with Crippen molar-refractivity contribution in [2.45, 2.75) is 37.9 Å². The molecule has 0 amide bonds. The summed E-state index contributed by atoms with van der Waals surface area (Å²) in [6.45, 7) is 8.47. The van der Waals surface area contributed by atoms with Gasteiger partial charge in [-0.25, -0.2) is 9.97 Å². The second-order valence-corrected chi connectivity index (χ2v) is 6.23. The number of aryl methyl sites for hydroxylation is 1. The Hall–Kier alpha value is -0.800. The maximum absolute atomic E-state index is 5.81. The van der Waals surface area contributed by atoms with Gasteiger partial charge in [0.2, 0.25) is 0 Å². The molecule has 92 valence electrons. The van der Waals surface area contributed by atoms with E-state index >= 15 is 0 Å². The van der Waals surface area contributed by atoms with Gasteiger partial charge in [-0.1, -0.05) is 44.0 Å². The lowest BCUT2D eigenvalue weighted by Crippen LogP contribution is -2.13. The van der Waals surface area contributed by atoms with Gasteiger partial charge in [-0.2, -0.15) is 0 Å². The van der Waals surface area contributed by atoms with E-state index in [0.717, 1.165) is 17.0 Å². The van der Waals surface area contributed by atoms with Crippen LogP contribution in [-0.4, -0.2) is 14.4 Å². The van der Waals surface area contributed by atoms with Gasteiger partial charge in [0, 0.05) is 17.2 Å². The largest absolute Gasteiger partial charge is 0.287 e. The van der Waals surface area contributed by atoms with Crippen LogP contribution in [0.3, 0.4) is 0 Å². The standard InChI is InChI=1S/C12H15Cl2N3/c1-7-10(12(2,3)4)16-9-5-8(11(13)14)15-6-17(7)9/h5-6,11H,1-4H3. The Balaban J connectivity index is 2.66. The highest BCUT2D eigenvalue weighted by molar-refractivity contribution is 6.43. The van der Waals surface area contributed by atoms with Crippen LogP contribution >= 0.6 is 23.2 Å². The number of halogens is 2. The first-order valence-electron chi connectivity index (χ1n) is 5.44. The van der Waals surface area contributed by atoms with Crippen LogP contribution in [0.15, 0.2) is 12.4 Å². The highest BCUT2D eigenvalue weighted by Crippen LogP contribution is 2.28. The van der Waals surface area contributed by atoms with Crippen LogP contribution in [0.2, 0.25) is 0 Å². The SMILES string of the molecule is Cc1c(C(C)(C)C)nc2cc(C(Cl)Cl)ncn12. The van der Waals surface area contributed by atoms with Gasteiger partial charge in [0.05, 0.1) is 11.4 Å². The van der Waals surface area contributed by atoms with Gasteiger partial charge in [-0.3, -0.25) is 4.40 Å². The predicted octanol–water partition coefficient (Wildman–Crippen LogP) is 3.81. The fourth-order valence-corrected chi connectivity index (χ4v) is 2.15. The Morgan fingerprint density at radius 2 is 1.94 bits per heavy atom. The van der Waals surface area contributed by atoms with Crippen LogP contribution in [0.5, 0.6) is 0 Å². The lowest BCUT2D eigenvalue weighted by atomic mass is 9.91. The van der Waals surface area contributed by atoms with E-state index in [1.165, 1.54) is 0 Å². The third-order valence-corrected chi connectivity index (χ3v) is 3.16. The zero-order valence-corrected chi connectivity index (χ0v) is 11.8. The van der Waals surface area contributed by atoms with Crippen molar-refractivity contribution in [3.8, 4) is 0 Å². The molecule has 0 bridgehead atoms. The molecule has 5 heteroatoms. The Bertz CT molecular complexity index is 553. The number of aromatic nitrogens is 3. The van der Waals surface area contributed by atoms with Crippen molar-refractivity contribution in [1.29, 1.82) is 0 Å². The number of rotatable bonds is 1. The van der Waals surface area contributed by atoms with E-state index in [0.29, 0.717) is 5.69 Å². The van der Waals surface area contributed by atoms with Gasteiger partial charge in [0.25, 0.3) is 0 Å². The normalized spacial score (nSPS) is 12.6. The Kier molecular flexibility index (Phi) is 3.08. The van der Waals surface area contributed by atoms with E-state index in [1.807, 2.05) is 17.4 Å². The first-order chi connectivity index (χ1) is 7.80. The van der Waals surface area contributed by atoms with Crippen molar-refractivity contribution in [2.24, 2.45) is 0 Å². The maximum atomic E-state index is 5.81. The molecule has 0 unspecified atom stereocenters. The summed E-state index contributed by atoms with van der Waals surface area (Å²) in [5.74, 6) is 0. The first kappa shape index (κ1) is 12.7. The summed E-state index contributed by atoms with van der Waals surface area (Å²) in [5.41, 5.74) is 3.65. The molecule has 0 N–H and O–H groups in total. The number of fused-ring (bicyclic) bond motifs is 1. The summed E-state index contributed by atoms with van der Waals surface area (Å²) in [6, 6.07) is 1.83. The number of hydrogen-bond acceptors (Lipinski definition) is 2. The number of imidazole rings is 1. The minimum atomic E-state index is -0.616. The van der Waals surface area contributed by atoms with E-state index in [9.17, 15) is 0 Å². The third-order valence-electron chi connectivity index (χ3n) is 2.71.